The fraction of sp³-hybridized carbons (Fsp3) is 0.100. The molecule has 1 heterocycles. The van der Waals surface area contributed by atoms with Crippen molar-refractivity contribution in [2.45, 2.75) is 5.92 Å². The van der Waals surface area contributed by atoms with Crippen molar-refractivity contribution in [3.05, 3.63) is 88.7 Å². The summed E-state index contributed by atoms with van der Waals surface area (Å²) in [5.41, 5.74) is 3.80. The van der Waals surface area contributed by atoms with Gasteiger partial charge >= 0.3 is 0 Å². The van der Waals surface area contributed by atoms with Gasteiger partial charge in [-0.25, -0.2) is 16.4 Å². The minimum Gasteiger partial charge on any atom is -0.325 e. The molecular weight excluding hydrogens is 348 g/mol. The quantitative estimate of drug-likeness (QED) is 0.359. The third-order valence-corrected chi connectivity index (χ3v) is 5.76. The molecule has 0 spiro atoms. The van der Waals surface area contributed by atoms with E-state index in [9.17, 15) is 9.59 Å². The summed E-state index contributed by atoms with van der Waals surface area (Å²) < 4.78 is 0. The summed E-state index contributed by atoms with van der Waals surface area (Å²) in [5.74, 6) is -0.814. The van der Waals surface area contributed by atoms with Gasteiger partial charge in [0, 0.05) is 5.69 Å². The van der Waals surface area contributed by atoms with Gasteiger partial charge in [0.05, 0.1) is 11.7 Å². The van der Waals surface area contributed by atoms with Gasteiger partial charge in [-0.15, -0.1) is 0 Å². The molecule has 0 saturated carbocycles. The van der Waals surface area contributed by atoms with Crippen LogP contribution in [0.1, 0.15) is 17.0 Å². The number of anilines is 1. The zero-order valence-corrected chi connectivity index (χ0v) is 14.9. The number of hydrogen-bond acceptors (Lipinski definition) is 3. The van der Waals surface area contributed by atoms with E-state index in [-0.39, 0.29) is 5.91 Å². The molecule has 3 rings (SSSR count). The maximum absolute atomic E-state index is 12.2. The second-order valence-electron chi connectivity index (χ2n) is 5.85. The second-order valence-corrected chi connectivity index (χ2v) is 7.79. The molecule has 1 aliphatic heterocycles. The first-order chi connectivity index (χ1) is 12.7. The van der Waals surface area contributed by atoms with E-state index in [0.29, 0.717) is 17.0 Å². The molecule has 26 heavy (non-hydrogen) atoms. The minimum absolute atomic E-state index is 0.0627. The highest BCUT2D eigenvalue weighted by molar-refractivity contribution is 8.22. The molecule has 0 bridgehead atoms. The Morgan fingerprint density at radius 2 is 1.65 bits per heavy atom. The van der Waals surface area contributed by atoms with Crippen LogP contribution in [0.25, 0.3) is 0 Å². The summed E-state index contributed by atoms with van der Waals surface area (Å²) in [6, 6.07) is 16.3. The van der Waals surface area contributed by atoms with Crippen LogP contribution >= 0.6 is 10.9 Å². The van der Waals surface area contributed by atoms with Crippen molar-refractivity contribution in [3.63, 3.8) is 0 Å². The maximum atomic E-state index is 12.2. The van der Waals surface area contributed by atoms with E-state index in [2.05, 4.69) is 5.32 Å². The molecule has 0 fully saturated rings. The van der Waals surface area contributed by atoms with Gasteiger partial charge in [-0.05, 0) is 34.1 Å². The van der Waals surface area contributed by atoms with Crippen molar-refractivity contribution in [1.82, 2.24) is 5.48 Å². The lowest BCUT2D eigenvalue weighted by atomic mass is 9.90. The van der Waals surface area contributed by atoms with E-state index in [4.69, 9.17) is 5.21 Å². The van der Waals surface area contributed by atoms with Crippen LogP contribution in [0.3, 0.4) is 0 Å². The Morgan fingerprint density at radius 1 is 0.962 bits per heavy atom. The smallest absolute Gasteiger partial charge is 0.255 e. The van der Waals surface area contributed by atoms with Crippen LogP contribution in [-0.4, -0.2) is 22.8 Å². The maximum Gasteiger partial charge on any atom is 0.255 e. The molecule has 0 aromatic heterocycles. The molecule has 134 valence electrons. The van der Waals surface area contributed by atoms with E-state index in [1.165, 1.54) is 0 Å². The highest BCUT2D eigenvalue weighted by Crippen LogP contribution is 2.32. The highest BCUT2D eigenvalue weighted by atomic mass is 32.2. The molecule has 2 amide bonds. The molecule has 1 atom stereocenters. The Labute approximate surface area is 154 Å². The van der Waals surface area contributed by atoms with Gasteiger partial charge < -0.3 is 5.32 Å². The van der Waals surface area contributed by atoms with Crippen molar-refractivity contribution in [2.24, 2.45) is 0 Å². The van der Waals surface area contributed by atoms with E-state index < -0.39 is 22.7 Å². The molecule has 3 N–H and O–H groups in total. The number of hydrogen-bond donors (Lipinski definition) is 4. The predicted octanol–water partition coefficient (Wildman–Crippen LogP) is 3.30. The summed E-state index contributed by atoms with van der Waals surface area (Å²) in [6.07, 6.45) is 3.91. The number of allylic oxidation sites excluding steroid dienone is 2. The first kappa shape index (κ1) is 18.0. The summed E-state index contributed by atoms with van der Waals surface area (Å²) in [6.45, 7) is 0. The van der Waals surface area contributed by atoms with Crippen LogP contribution in [0, 0.1) is 0 Å². The Kier molecular flexibility index (Phi) is 5.88. The molecule has 1 unspecified atom stereocenters. The van der Waals surface area contributed by atoms with Crippen molar-refractivity contribution < 1.29 is 14.8 Å². The average molecular weight is 368 g/mol. The lowest BCUT2D eigenvalue weighted by Gasteiger charge is -2.17. The van der Waals surface area contributed by atoms with E-state index >= 15 is 0 Å². The third-order valence-electron chi connectivity index (χ3n) is 4.00. The van der Waals surface area contributed by atoms with Gasteiger partial charge in [0.1, 0.15) is 0 Å². The predicted molar refractivity (Wildman–Crippen MR) is 105 cm³/mol. The lowest BCUT2D eigenvalue weighted by molar-refractivity contribution is -0.129. The number of carbonyl (C=O) groups is 2. The summed E-state index contributed by atoms with van der Waals surface area (Å²) in [7, 11) is -0.520. The summed E-state index contributed by atoms with van der Waals surface area (Å²) >= 11 is 0. The first-order valence-electron chi connectivity index (χ1n) is 8.17. The Balaban J connectivity index is 1.80. The fourth-order valence-corrected chi connectivity index (χ4v) is 4.20. The first-order valence-corrected chi connectivity index (χ1v) is 9.83. The summed E-state index contributed by atoms with van der Waals surface area (Å²) in [5, 5.41) is 16.1. The zero-order valence-electron chi connectivity index (χ0n) is 14.0. The molecule has 5 nitrogen and oxygen atoms in total. The van der Waals surface area contributed by atoms with Gasteiger partial charge in [0.25, 0.3) is 5.91 Å². The normalized spacial score (nSPS) is 14.9. The van der Waals surface area contributed by atoms with Crippen molar-refractivity contribution in [3.8, 4) is 0 Å². The number of nitrogens with one attached hydrogen (secondary N) is 2. The molecule has 0 radical (unpaired) electrons. The zero-order chi connectivity index (χ0) is 18.4. The Hall–Kier alpha value is -2.83. The molecule has 6 heteroatoms. The van der Waals surface area contributed by atoms with Crippen LogP contribution in [0.15, 0.2) is 77.6 Å². The molecular formula is C20H20N2O3S. The number of carbonyl (C=O) groups excluding carboxylic acids is 2. The second kappa shape index (κ2) is 8.51. The van der Waals surface area contributed by atoms with Gasteiger partial charge in [0.2, 0.25) is 5.91 Å². The molecule has 0 aliphatic carbocycles. The van der Waals surface area contributed by atoms with Gasteiger partial charge in [0.15, 0.2) is 0 Å². The van der Waals surface area contributed by atoms with E-state index in [0.717, 1.165) is 5.56 Å². The monoisotopic (exact) mass is 368 g/mol. The molecule has 0 saturated heterocycles. The third kappa shape index (κ3) is 4.41. The van der Waals surface area contributed by atoms with E-state index in [1.807, 2.05) is 53.3 Å². The minimum atomic E-state index is -0.664. The fourth-order valence-electron chi connectivity index (χ4n) is 2.84. The van der Waals surface area contributed by atoms with Crippen molar-refractivity contribution in [2.75, 3.05) is 11.1 Å². The van der Waals surface area contributed by atoms with Crippen LogP contribution < -0.4 is 10.8 Å². The Morgan fingerprint density at radius 3 is 2.35 bits per heavy atom. The van der Waals surface area contributed by atoms with Crippen LogP contribution in [-0.2, 0) is 9.59 Å². The van der Waals surface area contributed by atoms with Crippen LogP contribution in [0.4, 0.5) is 5.69 Å². The molecule has 1 aliphatic rings. The van der Waals surface area contributed by atoms with Gasteiger partial charge in [-0.1, -0.05) is 54.6 Å². The van der Waals surface area contributed by atoms with E-state index in [1.54, 1.807) is 29.7 Å². The Bertz CT molecular complexity index is 837. The van der Waals surface area contributed by atoms with Crippen molar-refractivity contribution in [1.29, 1.82) is 0 Å². The molecule has 2 aromatic rings. The van der Waals surface area contributed by atoms with Gasteiger partial charge in [-0.2, -0.15) is 0 Å². The van der Waals surface area contributed by atoms with Gasteiger partial charge in [-0.3, -0.25) is 14.8 Å². The average Bonchev–Trinajstić information content (AvgIpc) is 3.16. The lowest BCUT2D eigenvalue weighted by Crippen LogP contribution is -2.27. The largest absolute Gasteiger partial charge is 0.325 e. The number of amides is 2. The molecule has 2 aromatic carbocycles. The SMILES string of the molecule is O=C(C[SH]1C=CC=C1)Nc1cccc(C(C(=O)NO)c2ccccc2)c1. The number of benzene rings is 2. The number of rotatable bonds is 6. The highest BCUT2D eigenvalue weighted by Gasteiger charge is 2.22. The summed E-state index contributed by atoms with van der Waals surface area (Å²) in [4.78, 5) is 24.4. The standard InChI is InChI=1S/C20H20N2O3S/c23-18(14-26-11-4-5-12-26)21-17-10-6-9-16(13-17)19(20(24)22-25)15-7-2-1-3-8-15/h1-13,19,25-26H,14H2,(H,21,23)(H,22,24). The van der Waals surface area contributed by atoms with Crippen LogP contribution in [0.2, 0.25) is 0 Å². The van der Waals surface area contributed by atoms with Crippen molar-refractivity contribution >= 4 is 28.4 Å². The number of hydroxylamine groups is 1. The van der Waals surface area contributed by atoms with Crippen LogP contribution in [0.5, 0.6) is 0 Å². The number of thiol groups is 1. The topological polar surface area (TPSA) is 78.4 Å².